The molecule has 0 heterocycles. The predicted molar refractivity (Wildman–Crippen MR) is 124 cm³/mol. The summed E-state index contributed by atoms with van der Waals surface area (Å²) in [6.45, 7) is 0.625. The van der Waals surface area contributed by atoms with Gasteiger partial charge in [0.1, 0.15) is 0 Å². The molecule has 0 aliphatic rings. The molecule has 0 spiro atoms. The number of rotatable bonds is 10. The molecule has 5 N–H and O–H groups in total. The van der Waals surface area contributed by atoms with Crippen molar-refractivity contribution in [1.29, 1.82) is 0 Å². The van der Waals surface area contributed by atoms with E-state index in [0.29, 0.717) is 17.1 Å². The molecule has 7 nitrogen and oxygen atoms in total. The molecule has 1 atom stereocenters. The van der Waals surface area contributed by atoms with Gasteiger partial charge in [0.2, 0.25) is 0 Å². The summed E-state index contributed by atoms with van der Waals surface area (Å²) in [7, 11) is 1.39. The lowest BCUT2D eigenvalue weighted by Crippen LogP contribution is -2.52. The first-order valence-corrected chi connectivity index (χ1v) is 10.3. The molecule has 0 radical (unpaired) electrons. The molecular formula is C24H25ClN2O5. The average molecular weight is 457 g/mol. The highest BCUT2D eigenvalue weighted by Crippen LogP contribution is 2.27. The number of ether oxygens (including phenoxy) is 1. The summed E-state index contributed by atoms with van der Waals surface area (Å²) in [5.74, 6) is -3.28. The van der Waals surface area contributed by atoms with E-state index in [9.17, 15) is 20.1 Å². The number of methoxy groups -OCH3 is 1. The number of carboxylic acid groups (broad SMARTS) is 1. The number of anilines is 1. The van der Waals surface area contributed by atoms with Crippen molar-refractivity contribution in [2.75, 3.05) is 25.5 Å². The third-order valence-corrected chi connectivity index (χ3v) is 5.13. The number of halogens is 1. The average Bonchev–Trinajstić information content (AvgIpc) is 2.77. The molecule has 0 aliphatic heterocycles. The Hall–Kier alpha value is -2.94. The van der Waals surface area contributed by atoms with Gasteiger partial charge in [0.15, 0.2) is 6.10 Å². The van der Waals surface area contributed by atoms with Gasteiger partial charge in [0.25, 0.3) is 5.91 Å². The fourth-order valence-electron chi connectivity index (χ4n) is 3.39. The van der Waals surface area contributed by atoms with Gasteiger partial charge in [-0.05, 0) is 53.1 Å². The van der Waals surface area contributed by atoms with Gasteiger partial charge >= 0.3 is 5.97 Å². The van der Waals surface area contributed by atoms with E-state index in [-0.39, 0.29) is 12.1 Å². The van der Waals surface area contributed by atoms with Crippen LogP contribution in [-0.4, -0.2) is 47.4 Å². The van der Waals surface area contributed by atoms with Crippen molar-refractivity contribution in [2.24, 2.45) is 0 Å². The summed E-state index contributed by atoms with van der Waals surface area (Å²) in [5, 5.41) is 36.5. The molecule has 8 heteroatoms. The Kier molecular flexibility index (Phi) is 7.84. The normalized spacial score (nSPS) is 12.4. The van der Waals surface area contributed by atoms with Crippen LogP contribution >= 0.6 is 11.6 Å². The number of hydrogen-bond donors (Lipinski definition) is 5. The monoisotopic (exact) mass is 456 g/mol. The number of carboxylic acids is 1. The Morgan fingerprint density at radius 1 is 1.00 bits per heavy atom. The Morgan fingerprint density at radius 3 is 2.38 bits per heavy atom. The number of hydrogen-bond acceptors (Lipinski definition) is 6. The first-order valence-electron chi connectivity index (χ1n) is 9.96. The Balaban J connectivity index is 1.60. The highest BCUT2D eigenvalue weighted by molar-refractivity contribution is 6.30. The summed E-state index contributed by atoms with van der Waals surface area (Å²) < 4.78 is 5.28. The minimum atomic E-state index is -2.31. The van der Waals surface area contributed by atoms with Crippen LogP contribution in [0.1, 0.15) is 22.0 Å². The van der Waals surface area contributed by atoms with Crippen LogP contribution in [-0.2, 0) is 4.74 Å². The van der Waals surface area contributed by atoms with Gasteiger partial charge in [0.05, 0.1) is 5.56 Å². The summed E-state index contributed by atoms with van der Waals surface area (Å²) in [5.41, 5.74) is 3.22. The molecule has 3 aromatic carbocycles. The first kappa shape index (κ1) is 23.7. The molecule has 3 rings (SSSR count). The van der Waals surface area contributed by atoms with Gasteiger partial charge in [-0.15, -0.1) is 0 Å². The van der Waals surface area contributed by atoms with E-state index in [1.165, 1.54) is 7.11 Å². The van der Waals surface area contributed by atoms with E-state index in [0.717, 1.165) is 16.8 Å². The maximum Gasteiger partial charge on any atom is 0.335 e. The molecule has 0 aromatic heterocycles. The van der Waals surface area contributed by atoms with Crippen LogP contribution in [0.3, 0.4) is 0 Å². The summed E-state index contributed by atoms with van der Waals surface area (Å²) in [4.78, 5) is 11.2. The van der Waals surface area contributed by atoms with E-state index in [1.807, 2.05) is 30.3 Å². The van der Waals surface area contributed by atoms with Gasteiger partial charge < -0.3 is 25.4 Å². The second kappa shape index (κ2) is 10.6. The molecule has 0 saturated carbocycles. The smallest absolute Gasteiger partial charge is 0.335 e. The Morgan fingerprint density at radius 2 is 1.69 bits per heavy atom. The zero-order valence-corrected chi connectivity index (χ0v) is 18.2. The van der Waals surface area contributed by atoms with Crippen LogP contribution in [0.5, 0.6) is 0 Å². The molecule has 0 aliphatic carbocycles. The number of carbonyl (C=O) groups is 1. The van der Waals surface area contributed by atoms with Crippen LogP contribution in [0.4, 0.5) is 5.69 Å². The second-order valence-electron chi connectivity index (χ2n) is 7.22. The largest absolute Gasteiger partial charge is 0.478 e. The van der Waals surface area contributed by atoms with Crippen LogP contribution in [0.15, 0.2) is 72.8 Å². The summed E-state index contributed by atoms with van der Waals surface area (Å²) in [6, 6.07) is 21.0. The van der Waals surface area contributed by atoms with Crippen molar-refractivity contribution in [3.63, 3.8) is 0 Å². The fourth-order valence-corrected chi connectivity index (χ4v) is 3.59. The molecule has 0 amide bonds. The minimum absolute atomic E-state index is 0.222. The van der Waals surface area contributed by atoms with E-state index in [1.54, 1.807) is 42.5 Å². The zero-order chi connectivity index (χ0) is 23.1. The third kappa shape index (κ3) is 6.06. The van der Waals surface area contributed by atoms with Crippen LogP contribution < -0.4 is 10.6 Å². The van der Waals surface area contributed by atoms with Crippen molar-refractivity contribution in [2.45, 2.75) is 12.0 Å². The maximum atomic E-state index is 11.2. The van der Waals surface area contributed by atoms with Crippen molar-refractivity contribution < 1.29 is 24.9 Å². The number of nitrogens with one attached hydrogen (secondary N) is 2. The Bertz CT molecular complexity index is 1070. The van der Waals surface area contributed by atoms with Crippen molar-refractivity contribution in [1.82, 2.24) is 5.32 Å². The van der Waals surface area contributed by atoms with Crippen LogP contribution in [0, 0.1) is 0 Å². The van der Waals surface area contributed by atoms with E-state index in [2.05, 4.69) is 10.6 Å². The first-order chi connectivity index (χ1) is 15.3. The summed E-state index contributed by atoms with van der Waals surface area (Å²) in [6.07, 6.45) is -1.04. The molecular weight excluding hydrogens is 432 g/mol. The molecule has 0 bridgehead atoms. The van der Waals surface area contributed by atoms with E-state index in [4.69, 9.17) is 16.3 Å². The van der Waals surface area contributed by atoms with Crippen molar-refractivity contribution in [3.05, 3.63) is 88.9 Å². The van der Waals surface area contributed by atoms with E-state index >= 15 is 0 Å². The van der Waals surface area contributed by atoms with Gasteiger partial charge in [-0.3, -0.25) is 5.32 Å². The highest BCUT2D eigenvalue weighted by atomic mass is 35.5. The van der Waals surface area contributed by atoms with Crippen molar-refractivity contribution >= 4 is 23.3 Å². The highest BCUT2D eigenvalue weighted by Gasteiger charge is 2.35. The molecule has 168 valence electrons. The molecule has 3 aromatic rings. The topological polar surface area (TPSA) is 111 Å². The molecule has 32 heavy (non-hydrogen) atoms. The van der Waals surface area contributed by atoms with Gasteiger partial charge in [0, 0.05) is 30.9 Å². The number of aromatic carboxylic acids is 1. The van der Waals surface area contributed by atoms with Gasteiger partial charge in [-0.2, -0.15) is 0 Å². The lowest BCUT2D eigenvalue weighted by atomic mass is 10.0. The minimum Gasteiger partial charge on any atom is -0.478 e. The molecule has 0 fully saturated rings. The molecule has 1 unspecified atom stereocenters. The SMILES string of the molecule is COC(c1cccc(Cl)c1)C(O)(O)NCCNc1cccc(-c2cccc(C(=O)O)c2)c1. The summed E-state index contributed by atoms with van der Waals surface area (Å²) >= 11 is 5.99. The van der Waals surface area contributed by atoms with E-state index < -0.39 is 18.0 Å². The van der Waals surface area contributed by atoms with Crippen LogP contribution in [0.25, 0.3) is 11.1 Å². The molecule has 0 saturated heterocycles. The zero-order valence-electron chi connectivity index (χ0n) is 17.5. The quantitative estimate of drug-likeness (QED) is 0.233. The lowest BCUT2D eigenvalue weighted by Gasteiger charge is -2.31. The lowest BCUT2D eigenvalue weighted by molar-refractivity contribution is -0.254. The van der Waals surface area contributed by atoms with Gasteiger partial charge in [-0.25, -0.2) is 4.79 Å². The standard InChI is InChI=1S/C24H25ClN2O5/c1-32-22(18-7-3-9-20(25)14-18)24(30,31)27-12-11-26-21-10-4-6-17(15-21)16-5-2-8-19(13-16)23(28)29/h2-10,13-15,22,26-27,30-31H,11-12H2,1H3,(H,28,29). The predicted octanol–water partition coefficient (Wildman–Crippen LogP) is 3.73. The third-order valence-electron chi connectivity index (χ3n) is 4.90. The van der Waals surface area contributed by atoms with Crippen molar-refractivity contribution in [3.8, 4) is 11.1 Å². The number of benzene rings is 3. The Labute approximate surface area is 191 Å². The van der Waals surface area contributed by atoms with Gasteiger partial charge in [-0.1, -0.05) is 48.0 Å². The maximum absolute atomic E-state index is 11.2. The number of aliphatic hydroxyl groups is 2. The second-order valence-corrected chi connectivity index (χ2v) is 7.65. The van der Waals surface area contributed by atoms with Crippen LogP contribution in [0.2, 0.25) is 5.02 Å². The fraction of sp³-hybridized carbons (Fsp3) is 0.208.